The highest BCUT2D eigenvalue weighted by Gasteiger charge is 2.19. The minimum atomic E-state index is 0.922. The number of rotatable bonds is 4. The van der Waals surface area contributed by atoms with Gasteiger partial charge >= 0.3 is 0 Å². The van der Waals surface area contributed by atoms with Crippen LogP contribution in [-0.2, 0) is 0 Å². The van der Waals surface area contributed by atoms with Gasteiger partial charge < -0.3 is 9.13 Å². The number of aromatic nitrogens is 4. The van der Waals surface area contributed by atoms with E-state index in [1.54, 1.807) is 0 Å². The highest BCUT2D eigenvalue weighted by atomic mass is 15.0. The molecule has 4 heteroatoms. The molecule has 14 rings (SSSR count). The molecule has 4 heterocycles. The van der Waals surface area contributed by atoms with E-state index in [1.807, 2.05) is 12.3 Å². The van der Waals surface area contributed by atoms with Crippen molar-refractivity contribution in [1.82, 2.24) is 19.1 Å². The molecule has 0 bridgehead atoms. The maximum Gasteiger partial charge on any atom is 0.0972 e. The molecule has 4 nitrogen and oxygen atoms in total. The quantitative estimate of drug-likeness (QED) is 0.166. The van der Waals surface area contributed by atoms with Gasteiger partial charge in [0.25, 0.3) is 0 Å². The zero-order valence-corrected chi connectivity index (χ0v) is 34.6. The fraction of sp³-hybridized carbons (Fsp3) is 0. The van der Waals surface area contributed by atoms with Crippen molar-refractivity contribution >= 4 is 97.7 Å². The number of pyridine rings is 2. The number of nitrogens with zero attached hydrogens (tertiary/aromatic N) is 4. The van der Waals surface area contributed by atoms with Crippen LogP contribution in [0.1, 0.15) is 0 Å². The molecule has 0 atom stereocenters. The van der Waals surface area contributed by atoms with Gasteiger partial charge in [0.15, 0.2) is 0 Å². The van der Waals surface area contributed by atoms with Crippen LogP contribution in [0.2, 0.25) is 0 Å². The van der Waals surface area contributed by atoms with Crippen LogP contribution in [-0.4, -0.2) is 19.1 Å². The Balaban J connectivity index is 0.982. The van der Waals surface area contributed by atoms with Crippen LogP contribution >= 0.6 is 0 Å². The molecule has 0 unspecified atom stereocenters. The molecule has 0 amide bonds. The maximum absolute atomic E-state index is 5.20. The highest BCUT2D eigenvalue weighted by Crippen LogP contribution is 2.42. The smallest absolute Gasteiger partial charge is 0.0972 e. The number of benzene rings is 10. The fourth-order valence-corrected chi connectivity index (χ4v) is 10.6. The van der Waals surface area contributed by atoms with E-state index in [9.17, 15) is 0 Å². The molecule has 64 heavy (non-hydrogen) atoms. The Morgan fingerprint density at radius 3 is 1.48 bits per heavy atom. The van der Waals surface area contributed by atoms with E-state index in [4.69, 9.17) is 9.97 Å². The first kappa shape index (κ1) is 35.0. The lowest BCUT2D eigenvalue weighted by Gasteiger charge is -2.13. The molecule has 0 saturated heterocycles. The van der Waals surface area contributed by atoms with Gasteiger partial charge in [-0.15, -0.1) is 0 Å². The van der Waals surface area contributed by atoms with Crippen molar-refractivity contribution in [2.75, 3.05) is 0 Å². The Labute approximate surface area is 367 Å². The lowest BCUT2D eigenvalue weighted by molar-refractivity contribution is 1.15. The zero-order chi connectivity index (χ0) is 41.9. The van der Waals surface area contributed by atoms with Gasteiger partial charge in [0.05, 0.1) is 38.8 Å². The minimum absolute atomic E-state index is 0.922. The summed E-state index contributed by atoms with van der Waals surface area (Å²) in [5.74, 6) is 0. The third kappa shape index (κ3) is 5.11. The molecule has 0 aliphatic carbocycles. The lowest BCUT2D eigenvalue weighted by atomic mass is 9.93. The molecule has 0 aliphatic rings. The van der Waals surface area contributed by atoms with E-state index < -0.39 is 0 Å². The summed E-state index contributed by atoms with van der Waals surface area (Å²) in [4.78, 5) is 9.91. The van der Waals surface area contributed by atoms with Crippen LogP contribution < -0.4 is 0 Å². The van der Waals surface area contributed by atoms with Gasteiger partial charge in [-0.2, -0.15) is 0 Å². The van der Waals surface area contributed by atoms with Crippen molar-refractivity contribution < 1.29 is 0 Å². The molecule has 0 N–H and O–H groups in total. The maximum atomic E-state index is 5.20. The van der Waals surface area contributed by atoms with Gasteiger partial charge in [-0.05, 0) is 122 Å². The standard InChI is InChI=1S/C60H36N4/c1-3-16-46-44(14-1)45-15-2-4-17-47(45)51-36-58-53(35-50(46)51)52-34-40(39-11-9-12-41(33-39)54-30-24-38-23-22-37-13-10-32-61-59(37)60(38)62-54)25-31-57(52)64(58)43-28-26-42(27-29-43)63-55-20-7-5-18-48(55)49-19-6-8-21-56(49)63/h1-36H. The van der Waals surface area contributed by atoms with Crippen LogP contribution in [0.15, 0.2) is 219 Å². The normalized spacial score (nSPS) is 12.1. The van der Waals surface area contributed by atoms with E-state index in [0.717, 1.165) is 55.6 Å². The van der Waals surface area contributed by atoms with Crippen LogP contribution in [0.3, 0.4) is 0 Å². The number of hydrogen-bond acceptors (Lipinski definition) is 2. The summed E-state index contributed by atoms with van der Waals surface area (Å²) in [5, 5.41) is 14.7. The summed E-state index contributed by atoms with van der Waals surface area (Å²) in [5.41, 5.74) is 13.2. The molecule has 14 aromatic rings. The van der Waals surface area contributed by atoms with Gasteiger partial charge in [-0.1, -0.05) is 133 Å². The molecule has 0 fully saturated rings. The van der Waals surface area contributed by atoms with Gasteiger partial charge in [0, 0.05) is 55.5 Å². The second-order valence-electron chi connectivity index (χ2n) is 16.9. The minimum Gasteiger partial charge on any atom is -0.309 e. The lowest BCUT2D eigenvalue weighted by Crippen LogP contribution is -1.97. The Morgan fingerprint density at radius 1 is 0.281 bits per heavy atom. The summed E-state index contributed by atoms with van der Waals surface area (Å²) in [6.07, 6.45) is 1.85. The summed E-state index contributed by atoms with van der Waals surface area (Å²) in [6.45, 7) is 0. The third-order valence-electron chi connectivity index (χ3n) is 13.5. The van der Waals surface area contributed by atoms with E-state index in [2.05, 4.69) is 215 Å². The van der Waals surface area contributed by atoms with E-state index in [1.165, 1.54) is 75.9 Å². The first-order valence-corrected chi connectivity index (χ1v) is 21.9. The van der Waals surface area contributed by atoms with Crippen LogP contribution in [0.4, 0.5) is 0 Å². The Morgan fingerprint density at radius 2 is 0.797 bits per heavy atom. The van der Waals surface area contributed by atoms with Gasteiger partial charge in [-0.25, -0.2) is 4.98 Å². The predicted molar refractivity (Wildman–Crippen MR) is 269 cm³/mol. The van der Waals surface area contributed by atoms with Crippen molar-refractivity contribution in [3.05, 3.63) is 219 Å². The summed E-state index contributed by atoms with van der Waals surface area (Å²) >= 11 is 0. The molecular weight excluding hydrogens is 777 g/mol. The van der Waals surface area contributed by atoms with Crippen LogP contribution in [0, 0.1) is 0 Å². The molecule has 0 spiro atoms. The molecule has 10 aromatic carbocycles. The average molecular weight is 813 g/mol. The molecule has 4 aromatic heterocycles. The Kier molecular flexibility index (Phi) is 7.36. The number of fused-ring (bicyclic) bond motifs is 15. The number of hydrogen-bond donors (Lipinski definition) is 0. The summed E-state index contributed by atoms with van der Waals surface area (Å²) in [7, 11) is 0. The first-order valence-electron chi connectivity index (χ1n) is 21.9. The largest absolute Gasteiger partial charge is 0.309 e. The predicted octanol–water partition coefficient (Wildman–Crippen LogP) is 15.8. The zero-order valence-electron chi connectivity index (χ0n) is 34.6. The second kappa shape index (κ2) is 13.4. The van der Waals surface area contributed by atoms with E-state index in [0.29, 0.717) is 0 Å². The van der Waals surface area contributed by atoms with E-state index in [-0.39, 0.29) is 0 Å². The highest BCUT2D eigenvalue weighted by molar-refractivity contribution is 6.29. The topological polar surface area (TPSA) is 35.6 Å². The Bertz CT molecular complexity index is 4200. The van der Waals surface area contributed by atoms with Gasteiger partial charge in [0.1, 0.15) is 0 Å². The van der Waals surface area contributed by atoms with Crippen molar-refractivity contribution in [2.24, 2.45) is 0 Å². The second-order valence-corrected chi connectivity index (χ2v) is 16.9. The van der Waals surface area contributed by atoms with Crippen LogP contribution in [0.25, 0.3) is 131 Å². The molecule has 0 radical (unpaired) electrons. The Hall–Kier alpha value is -8.60. The van der Waals surface area contributed by atoms with Crippen molar-refractivity contribution in [3.63, 3.8) is 0 Å². The molecular formula is C60H36N4. The van der Waals surface area contributed by atoms with Gasteiger partial charge in [0.2, 0.25) is 0 Å². The fourth-order valence-electron chi connectivity index (χ4n) is 10.6. The van der Waals surface area contributed by atoms with Crippen molar-refractivity contribution in [2.45, 2.75) is 0 Å². The average Bonchev–Trinajstić information content (AvgIpc) is 3.88. The summed E-state index contributed by atoms with van der Waals surface area (Å²) in [6, 6.07) is 77.5. The third-order valence-corrected chi connectivity index (χ3v) is 13.5. The molecule has 0 saturated carbocycles. The molecule has 0 aliphatic heterocycles. The monoisotopic (exact) mass is 812 g/mol. The van der Waals surface area contributed by atoms with E-state index >= 15 is 0 Å². The number of para-hydroxylation sites is 2. The van der Waals surface area contributed by atoms with Crippen molar-refractivity contribution in [3.8, 4) is 33.8 Å². The SMILES string of the molecule is c1cc(-c2ccc3c(c2)c2cc4c5ccccc5c5ccccc5c4cc2n3-c2ccc(-n3c4ccccc4c4ccccc43)cc2)cc(-c2ccc3ccc4cccnc4c3n2)c1. The van der Waals surface area contributed by atoms with Gasteiger partial charge in [-0.3, -0.25) is 4.98 Å². The molecule has 296 valence electrons. The van der Waals surface area contributed by atoms with Crippen LogP contribution in [0.5, 0.6) is 0 Å². The summed E-state index contributed by atoms with van der Waals surface area (Å²) < 4.78 is 4.85. The van der Waals surface area contributed by atoms with Crippen molar-refractivity contribution in [1.29, 1.82) is 0 Å². The first-order chi connectivity index (χ1) is 31.7.